The summed E-state index contributed by atoms with van der Waals surface area (Å²) in [5, 5.41) is 1.74. The Morgan fingerprint density at radius 1 is 0.917 bits per heavy atom. The molecule has 3 aromatic carbocycles. The first-order chi connectivity index (χ1) is 17.1. The fourth-order valence-electron chi connectivity index (χ4n) is 3.61. The molecule has 11 heteroatoms. The van der Waals surface area contributed by atoms with E-state index >= 15 is 0 Å². The van der Waals surface area contributed by atoms with Gasteiger partial charge in [-0.3, -0.25) is 24.1 Å². The third-order valence-electron chi connectivity index (χ3n) is 5.29. The van der Waals surface area contributed by atoms with E-state index in [1.165, 1.54) is 24.3 Å². The average Bonchev–Trinajstić information content (AvgIpc) is 3.08. The topological polar surface area (TPSA) is 92.8 Å². The van der Waals surface area contributed by atoms with Crippen molar-refractivity contribution in [1.29, 1.82) is 0 Å². The predicted octanol–water partition coefficient (Wildman–Crippen LogP) is 4.88. The van der Waals surface area contributed by atoms with Gasteiger partial charge in [-0.25, -0.2) is 0 Å². The lowest BCUT2D eigenvalue weighted by Gasteiger charge is -2.20. The number of benzene rings is 3. The van der Waals surface area contributed by atoms with Crippen molar-refractivity contribution in [2.75, 3.05) is 11.9 Å². The van der Waals surface area contributed by atoms with Gasteiger partial charge in [0.2, 0.25) is 6.10 Å². The molecule has 1 aliphatic rings. The molecule has 3 aromatic rings. The monoisotopic (exact) mass is 516 g/mol. The van der Waals surface area contributed by atoms with Crippen LogP contribution in [0.4, 0.5) is 18.9 Å². The van der Waals surface area contributed by atoms with Crippen LogP contribution in [-0.4, -0.2) is 35.1 Å². The van der Waals surface area contributed by atoms with E-state index in [9.17, 15) is 32.3 Å². The first-order valence-electron chi connectivity index (χ1n) is 10.4. The van der Waals surface area contributed by atoms with Crippen LogP contribution < -0.4 is 5.32 Å². The van der Waals surface area contributed by atoms with Crippen molar-refractivity contribution in [2.24, 2.45) is 0 Å². The molecule has 36 heavy (non-hydrogen) atoms. The van der Waals surface area contributed by atoms with Gasteiger partial charge in [0.1, 0.15) is 6.54 Å². The summed E-state index contributed by atoms with van der Waals surface area (Å²) in [5.41, 5.74) is -0.891. The summed E-state index contributed by atoms with van der Waals surface area (Å²) in [7, 11) is 0. The van der Waals surface area contributed by atoms with Crippen LogP contribution in [0.15, 0.2) is 72.8 Å². The van der Waals surface area contributed by atoms with Gasteiger partial charge in [-0.1, -0.05) is 54.1 Å². The molecule has 0 saturated heterocycles. The number of rotatable bonds is 6. The van der Waals surface area contributed by atoms with Crippen LogP contribution in [0.2, 0.25) is 5.02 Å². The Morgan fingerprint density at radius 2 is 1.50 bits per heavy atom. The van der Waals surface area contributed by atoms with E-state index in [4.69, 9.17) is 16.3 Å². The molecule has 1 N–H and O–H groups in total. The van der Waals surface area contributed by atoms with E-state index in [0.29, 0.717) is 11.0 Å². The summed E-state index contributed by atoms with van der Waals surface area (Å²) in [4.78, 5) is 51.4. The van der Waals surface area contributed by atoms with Crippen molar-refractivity contribution in [2.45, 2.75) is 12.3 Å². The summed E-state index contributed by atoms with van der Waals surface area (Å²) in [6, 6.07) is 16.6. The first kappa shape index (κ1) is 24.9. The molecule has 1 unspecified atom stereocenters. The number of imide groups is 1. The van der Waals surface area contributed by atoms with Crippen molar-refractivity contribution in [3.05, 3.63) is 100 Å². The lowest BCUT2D eigenvalue weighted by molar-refractivity contribution is -0.154. The standard InChI is InChI=1S/C25H16ClF3N2O5/c26-19-11-10-15(12-18(19)25(27,28)29)30-22(33)21(14-6-2-1-3-7-14)36-20(32)13-31-23(34)16-8-4-5-9-17(16)24(31)35/h1-12,21H,13H2,(H,30,33). The third-order valence-corrected chi connectivity index (χ3v) is 5.62. The SMILES string of the molecule is O=C(CN1C(=O)c2ccccc2C1=O)OC(C(=O)Nc1ccc(Cl)c(C(F)(F)F)c1)c1ccccc1. The van der Waals surface area contributed by atoms with Crippen molar-refractivity contribution in [3.63, 3.8) is 0 Å². The molecular weight excluding hydrogens is 501 g/mol. The lowest BCUT2D eigenvalue weighted by Crippen LogP contribution is -2.37. The molecule has 184 valence electrons. The molecule has 0 fully saturated rings. The highest BCUT2D eigenvalue weighted by Gasteiger charge is 2.38. The number of alkyl halides is 3. The number of ether oxygens (including phenoxy) is 1. The second kappa shape index (κ2) is 9.82. The molecule has 1 atom stereocenters. The summed E-state index contributed by atoms with van der Waals surface area (Å²) in [6.07, 6.45) is -6.34. The minimum atomic E-state index is -4.75. The maximum Gasteiger partial charge on any atom is 0.417 e. The summed E-state index contributed by atoms with van der Waals surface area (Å²) in [5.74, 6) is -3.39. The largest absolute Gasteiger partial charge is 0.446 e. The third kappa shape index (κ3) is 5.08. The number of hydrogen-bond acceptors (Lipinski definition) is 5. The Bertz CT molecular complexity index is 1330. The number of amides is 3. The highest BCUT2D eigenvalue weighted by Crippen LogP contribution is 2.36. The van der Waals surface area contributed by atoms with Crippen LogP contribution in [0, 0.1) is 0 Å². The molecular formula is C25H16ClF3N2O5. The summed E-state index contributed by atoms with van der Waals surface area (Å²) >= 11 is 5.62. The zero-order valence-corrected chi connectivity index (χ0v) is 19.0. The van der Waals surface area contributed by atoms with E-state index in [1.54, 1.807) is 30.3 Å². The Labute approximate surface area is 207 Å². The Morgan fingerprint density at radius 3 is 2.08 bits per heavy atom. The van der Waals surface area contributed by atoms with Crippen LogP contribution in [0.25, 0.3) is 0 Å². The highest BCUT2D eigenvalue weighted by molar-refractivity contribution is 6.31. The van der Waals surface area contributed by atoms with Crippen molar-refractivity contribution in [3.8, 4) is 0 Å². The molecule has 0 aromatic heterocycles. The molecule has 0 radical (unpaired) electrons. The van der Waals surface area contributed by atoms with Crippen LogP contribution in [0.3, 0.4) is 0 Å². The Balaban J connectivity index is 1.54. The van der Waals surface area contributed by atoms with Crippen LogP contribution in [0.5, 0.6) is 0 Å². The van der Waals surface area contributed by atoms with Gasteiger partial charge >= 0.3 is 12.1 Å². The summed E-state index contributed by atoms with van der Waals surface area (Å²) in [6.45, 7) is -0.762. The Kier molecular flexibility index (Phi) is 6.80. The molecule has 0 bridgehead atoms. The number of hydrogen-bond donors (Lipinski definition) is 1. The van der Waals surface area contributed by atoms with Gasteiger partial charge in [0, 0.05) is 11.3 Å². The Hall–Kier alpha value is -4.18. The number of fused-ring (bicyclic) bond motifs is 1. The van der Waals surface area contributed by atoms with Gasteiger partial charge in [-0.15, -0.1) is 0 Å². The molecule has 0 spiro atoms. The smallest absolute Gasteiger partial charge is 0.417 e. The maximum absolute atomic E-state index is 13.2. The van der Waals surface area contributed by atoms with E-state index in [-0.39, 0.29) is 22.4 Å². The van der Waals surface area contributed by atoms with Crippen molar-refractivity contribution in [1.82, 2.24) is 4.90 Å². The number of anilines is 1. The molecule has 1 heterocycles. The fraction of sp³-hybridized carbons (Fsp3) is 0.120. The minimum Gasteiger partial charge on any atom is -0.446 e. The minimum absolute atomic E-state index is 0.135. The second-order valence-corrected chi connectivity index (χ2v) is 8.11. The lowest BCUT2D eigenvalue weighted by atomic mass is 10.1. The van der Waals surface area contributed by atoms with Gasteiger partial charge in [0.05, 0.1) is 21.7 Å². The van der Waals surface area contributed by atoms with Gasteiger partial charge < -0.3 is 10.1 Å². The fourth-order valence-corrected chi connectivity index (χ4v) is 3.83. The van der Waals surface area contributed by atoms with Gasteiger partial charge in [-0.05, 0) is 30.3 Å². The van der Waals surface area contributed by atoms with Crippen LogP contribution >= 0.6 is 11.6 Å². The maximum atomic E-state index is 13.2. The molecule has 3 amide bonds. The first-order valence-corrected chi connectivity index (χ1v) is 10.8. The molecule has 0 aliphatic carbocycles. The predicted molar refractivity (Wildman–Crippen MR) is 122 cm³/mol. The van der Waals surface area contributed by atoms with Crippen molar-refractivity contribution >= 4 is 41.0 Å². The zero-order valence-electron chi connectivity index (χ0n) is 18.2. The average molecular weight is 517 g/mol. The van der Waals surface area contributed by atoms with Gasteiger partial charge in [-0.2, -0.15) is 13.2 Å². The second-order valence-electron chi connectivity index (χ2n) is 7.70. The quantitative estimate of drug-likeness (QED) is 0.372. The van der Waals surface area contributed by atoms with Gasteiger partial charge in [0.25, 0.3) is 17.7 Å². The number of carbonyl (C=O) groups is 4. The number of halogens is 4. The summed E-state index contributed by atoms with van der Waals surface area (Å²) < 4.78 is 44.9. The van der Waals surface area contributed by atoms with Crippen LogP contribution in [0.1, 0.15) is 37.9 Å². The van der Waals surface area contributed by atoms with E-state index in [1.807, 2.05) is 0 Å². The number of carbonyl (C=O) groups excluding carboxylic acids is 4. The van der Waals surface area contributed by atoms with E-state index < -0.39 is 53.1 Å². The van der Waals surface area contributed by atoms with E-state index in [2.05, 4.69) is 5.32 Å². The highest BCUT2D eigenvalue weighted by atomic mass is 35.5. The molecule has 0 saturated carbocycles. The number of nitrogens with one attached hydrogen (secondary N) is 1. The molecule has 7 nitrogen and oxygen atoms in total. The van der Waals surface area contributed by atoms with Crippen molar-refractivity contribution < 1.29 is 37.1 Å². The number of esters is 1. The normalized spacial score (nSPS) is 13.8. The van der Waals surface area contributed by atoms with Gasteiger partial charge in [0.15, 0.2) is 0 Å². The number of nitrogens with zero attached hydrogens (tertiary/aromatic N) is 1. The van der Waals surface area contributed by atoms with Crippen LogP contribution in [-0.2, 0) is 20.5 Å². The zero-order chi connectivity index (χ0) is 26.0. The van der Waals surface area contributed by atoms with E-state index in [0.717, 1.165) is 12.1 Å². The molecule has 1 aliphatic heterocycles. The molecule has 4 rings (SSSR count).